The molecule has 3 rings (SSSR count). The van der Waals surface area contributed by atoms with Gasteiger partial charge in [0.2, 0.25) is 0 Å². The summed E-state index contributed by atoms with van der Waals surface area (Å²) >= 11 is 0. The van der Waals surface area contributed by atoms with Crippen LogP contribution in [0.1, 0.15) is 0 Å². The maximum absolute atomic E-state index is 10.0. The van der Waals surface area contributed by atoms with Crippen LogP contribution in [-0.2, 0) is 0 Å². The van der Waals surface area contributed by atoms with Gasteiger partial charge < -0.3 is 15.7 Å². The lowest BCUT2D eigenvalue weighted by atomic mass is 10.1. The highest BCUT2D eigenvalue weighted by Crippen LogP contribution is 2.29. The summed E-state index contributed by atoms with van der Waals surface area (Å²) < 4.78 is 0. The van der Waals surface area contributed by atoms with Gasteiger partial charge in [-0.3, -0.25) is 0 Å². The molecule has 0 unspecified atom stereocenters. The van der Waals surface area contributed by atoms with Crippen molar-refractivity contribution in [2.75, 3.05) is 25.5 Å². The molecular formula is C17H18N4O. The quantitative estimate of drug-likeness (QED) is 0.631. The number of nitrogens with zero attached hydrogens (tertiary/aromatic N) is 2. The van der Waals surface area contributed by atoms with Gasteiger partial charge in [-0.2, -0.15) is 0 Å². The van der Waals surface area contributed by atoms with E-state index >= 15 is 0 Å². The molecule has 1 heterocycles. The number of nitrogens with one attached hydrogen (secondary N) is 2. The van der Waals surface area contributed by atoms with Gasteiger partial charge in [0.25, 0.3) is 0 Å². The van der Waals surface area contributed by atoms with Crippen LogP contribution in [0.4, 0.5) is 5.82 Å². The number of benzene rings is 2. The number of para-hydroxylation sites is 2. The summed E-state index contributed by atoms with van der Waals surface area (Å²) in [4.78, 5) is 9.16. The zero-order valence-corrected chi connectivity index (χ0v) is 12.4. The van der Waals surface area contributed by atoms with Crippen molar-refractivity contribution >= 4 is 16.7 Å². The molecule has 5 heteroatoms. The second-order valence-corrected chi connectivity index (χ2v) is 4.96. The number of aromatic hydroxyl groups is 1. The first-order valence-electron chi connectivity index (χ1n) is 7.23. The minimum absolute atomic E-state index is 0.180. The van der Waals surface area contributed by atoms with Crippen LogP contribution < -0.4 is 10.6 Å². The minimum atomic E-state index is 0.180. The molecule has 0 atom stereocenters. The van der Waals surface area contributed by atoms with E-state index < -0.39 is 0 Å². The normalized spacial score (nSPS) is 10.8. The number of likely N-dealkylation sites (N-methyl/N-ethyl adjacent to an activating group) is 1. The Bertz CT molecular complexity index is 788. The van der Waals surface area contributed by atoms with E-state index in [-0.39, 0.29) is 5.75 Å². The molecule has 3 aromatic rings. The van der Waals surface area contributed by atoms with Crippen LogP contribution in [0.15, 0.2) is 48.5 Å². The summed E-state index contributed by atoms with van der Waals surface area (Å²) in [5, 5.41) is 17.4. The van der Waals surface area contributed by atoms with Crippen molar-refractivity contribution in [1.82, 2.24) is 15.3 Å². The smallest absolute Gasteiger partial charge is 0.165 e. The number of rotatable bonds is 5. The fraction of sp³-hybridized carbons (Fsp3) is 0.176. The number of anilines is 1. The molecule has 0 spiro atoms. The summed E-state index contributed by atoms with van der Waals surface area (Å²) in [5.41, 5.74) is 1.48. The summed E-state index contributed by atoms with van der Waals surface area (Å²) in [7, 11) is 1.91. The van der Waals surface area contributed by atoms with Gasteiger partial charge in [0.1, 0.15) is 11.6 Å². The second-order valence-electron chi connectivity index (χ2n) is 4.96. The fourth-order valence-corrected chi connectivity index (χ4v) is 2.30. The molecule has 1 aromatic heterocycles. The van der Waals surface area contributed by atoms with Gasteiger partial charge in [0, 0.05) is 18.5 Å². The number of phenolic OH excluding ortho intramolecular Hbond substituents is 1. The van der Waals surface area contributed by atoms with E-state index in [1.54, 1.807) is 12.1 Å². The summed E-state index contributed by atoms with van der Waals surface area (Å²) in [5.74, 6) is 1.47. The van der Waals surface area contributed by atoms with Crippen molar-refractivity contribution in [2.45, 2.75) is 0 Å². The summed E-state index contributed by atoms with van der Waals surface area (Å²) in [6, 6.07) is 15.0. The molecule has 0 saturated heterocycles. The van der Waals surface area contributed by atoms with E-state index in [9.17, 15) is 5.11 Å². The van der Waals surface area contributed by atoms with Gasteiger partial charge in [-0.05, 0) is 31.3 Å². The maximum atomic E-state index is 10.0. The number of aromatic nitrogens is 2. The molecule has 0 saturated carbocycles. The maximum Gasteiger partial charge on any atom is 0.165 e. The predicted molar refractivity (Wildman–Crippen MR) is 89.1 cm³/mol. The summed E-state index contributed by atoms with van der Waals surface area (Å²) in [6.07, 6.45) is 0. The van der Waals surface area contributed by atoms with E-state index in [1.165, 1.54) is 0 Å². The average Bonchev–Trinajstić information content (AvgIpc) is 2.55. The number of hydrogen-bond donors (Lipinski definition) is 3. The van der Waals surface area contributed by atoms with E-state index in [4.69, 9.17) is 0 Å². The van der Waals surface area contributed by atoms with Crippen LogP contribution in [0.25, 0.3) is 22.3 Å². The Balaban J connectivity index is 2.10. The largest absolute Gasteiger partial charge is 0.507 e. The van der Waals surface area contributed by atoms with Crippen LogP contribution >= 0.6 is 0 Å². The summed E-state index contributed by atoms with van der Waals surface area (Å²) in [6.45, 7) is 1.60. The predicted octanol–water partition coefficient (Wildman–Crippen LogP) is 2.63. The van der Waals surface area contributed by atoms with Crippen molar-refractivity contribution in [3.05, 3.63) is 48.5 Å². The highest BCUT2D eigenvalue weighted by molar-refractivity contribution is 5.90. The molecule has 5 nitrogen and oxygen atoms in total. The van der Waals surface area contributed by atoms with Crippen LogP contribution in [0.2, 0.25) is 0 Å². The first-order valence-corrected chi connectivity index (χ1v) is 7.23. The zero-order valence-electron chi connectivity index (χ0n) is 12.4. The van der Waals surface area contributed by atoms with E-state index in [0.717, 1.165) is 29.8 Å². The van der Waals surface area contributed by atoms with Crippen molar-refractivity contribution in [1.29, 1.82) is 0 Å². The van der Waals surface area contributed by atoms with Crippen LogP contribution in [-0.4, -0.2) is 35.2 Å². The third-order valence-corrected chi connectivity index (χ3v) is 3.42. The van der Waals surface area contributed by atoms with Gasteiger partial charge >= 0.3 is 0 Å². The second kappa shape index (κ2) is 6.41. The average molecular weight is 294 g/mol. The number of hydrogen-bond acceptors (Lipinski definition) is 5. The molecule has 112 valence electrons. The van der Waals surface area contributed by atoms with Crippen molar-refractivity contribution < 1.29 is 5.11 Å². The van der Waals surface area contributed by atoms with Gasteiger partial charge in [-0.25, -0.2) is 9.97 Å². The lowest BCUT2D eigenvalue weighted by Gasteiger charge is -2.11. The molecule has 2 aromatic carbocycles. The standard InChI is InChI=1S/C17H18N4O/c1-18-10-11-19-16-12-6-2-4-8-14(12)20-17(21-16)13-7-3-5-9-15(13)22/h2-9,18,22H,10-11H2,1H3,(H,19,20,21). The van der Waals surface area contributed by atoms with Gasteiger partial charge in [-0.1, -0.05) is 24.3 Å². The van der Waals surface area contributed by atoms with Gasteiger partial charge in [0.15, 0.2) is 5.82 Å². The highest BCUT2D eigenvalue weighted by atomic mass is 16.3. The Hall–Kier alpha value is -2.66. The zero-order chi connectivity index (χ0) is 15.4. The van der Waals surface area contributed by atoms with Crippen molar-refractivity contribution in [3.8, 4) is 17.1 Å². The molecule has 0 aliphatic rings. The molecule has 0 fully saturated rings. The number of phenols is 1. The third-order valence-electron chi connectivity index (χ3n) is 3.42. The fourth-order valence-electron chi connectivity index (χ4n) is 2.30. The van der Waals surface area contributed by atoms with Gasteiger partial charge in [-0.15, -0.1) is 0 Å². The molecule has 22 heavy (non-hydrogen) atoms. The Morgan fingerprint density at radius 2 is 1.73 bits per heavy atom. The van der Waals surface area contributed by atoms with Gasteiger partial charge in [0.05, 0.1) is 11.1 Å². The van der Waals surface area contributed by atoms with Crippen LogP contribution in [0, 0.1) is 0 Å². The lowest BCUT2D eigenvalue weighted by molar-refractivity contribution is 0.477. The first-order chi connectivity index (χ1) is 10.8. The first kappa shape index (κ1) is 14.3. The molecule has 3 N–H and O–H groups in total. The molecule has 0 aliphatic carbocycles. The monoisotopic (exact) mass is 294 g/mol. The topological polar surface area (TPSA) is 70.1 Å². The number of fused-ring (bicyclic) bond motifs is 1. The third kappa shape index (κ3) is 2.84. The van der Waals surface area contributed by atoms with E-state index in [0.29, 0.717) is 11.4 Å². The molecule has 0 amide bonds. The minimum Gasteiger partial charge on any atom is -0.507 e. The van der Waals surface area contributed by atoms with Crippen LogP contribution in [0.5, 0.6) is 5.75 Å². The highest BCUT2D eigenvalue weighted by Gasteiger charge is 2.11. The molecular weight excluding hydrogens is 276 g/mol. The molecule has 0 aliphatic heterocycles. The van der Waals surface area contributed by atoms with E-state index in [2.05, 4.69) is 20.6 Å². The van der Waals surface area contributed by atoms with Crippen molar-refractivity contribution in [3.63, 3.8) is 0 Å². The SMILES string of the molecule is CNCCNc1nc(-c2ccccc2O)nc2ccccc12. The Morgan fingerprint density at radius 3 is 2.55 bits per heavy atom. The Labute approximate surface area is 129 Å². The lowest BCUT2D eigenvalue weighted by Crippen LogP contribution is -2.18. The Morgan fingerprint density at radius 1 is 0.955 bits per heavy atom. The van der Waals surface area contributed by atoms with Crippen molar-refractivity contribution in [2.24, 2.45) is 0 Å². The molecule has 0 bridgehead atoms. The molecule has 0 radical (unpaired) electrons. The van der Waals surface area contributed by atoms with Crippen LogP contribution in [0.3, 0.4) is 0 Å². The Kier molecular flexibility index (Phi) is 4.16. The van der Waals surface area contributed by atoms with E-state index in [1.807, 2.05) is 43.4 Å².